The summed E-state index contributed by atoms with van der Waals surface area (Å²) in [6, 6.07) is 7.14. The molecule has 20 heavy (non-hydrogen) atoms. The molecule has 0 heterocycles. The Bertz CT molecular complexity index is 522. The number of sulfonamides is 1. The number of aryl methyl sites for hydroxylation is 1. The van der Waals surface area contributed by atoms with Gasteiger partial charge >= 0.3 is 0 Å². The molecular weight excluding hydrogens is 270 g/mol. The van der Waals surface area contributed by atoms with E-state index >= 15 is 0 Å². The van der Waals surface area contributed by atoms with Gasteiger partial charge < -0.3 is 0 Å². The fourth-order valence-corrected chi connectivity index (χ4v) is 3.30. The summed E-state index contributed by atoms with van der Waals surface area (Å²) in [6.45, 7) is 9.90. The average Bonchev–Trinajstić information content (AvgIpc) is 2.45. The second-order valence-corrected chi connectivity index (χ2v) is 6.58. The Kier molecular flexibility index (Phi) is 6.68. The van der Waals surface area contributed by atoms with Crippen LogP contribution in [-0.4, -0.2) is 25.8 Å². The second-order valence-electron chi connectivity index (χ2n) is 4.65. The fourth-order valence-electron chi connectivity index (χ4n) is 1.92. The highest BCUT2D eigenvalue weighted by atomic mass is 32.2. The van der Waals surface area contributed by atoms with Crippen LogP contribution >= 0.6 is 0 Å². The molecule has 0 atom stereocenters. The highest BCUT2D eigenvalue weighted by molar-refractivity contribution is 7.89. The SMILES string of the molecule is C=CCN(CC=C)S(=O)(=O)c1ccc(CCCC)cc1. The van der Waals surface area contributed by atoms with Gasteiger partial charge in [-0.3, -0.25) is 0 Å². The lowest BCUT2D eigenvalue weighted by molar-refractivity contribution is 0.474. The molecule has 1 aromatic rings. The van der Waals surface area contributed by atoms with E-state index in [4.69, 9.17) is 0 Å². The van der Waals surface area contributed by atoms with E-state index < -0.39 is 10.0 Å². The van der Waals surface area contributed by atoms with Crippen molar-refractivity contribution >= 4 is 10.0 Å². The quantitative estimate of drug-likeness (QED) is 0.654. The van der Waals surface area contributed by atoms with Crippen molar-refractivity contribution in [1.82, 2.24) is 4.31 Å². The summed E-state index contributed by atoms with van der Waals surface area (Å²) in [5.41, 5.74) is 1.17. The zero-order chi connectivity index (χ0) is 15.0. The van der Waals surface area contributed by atoms with E-state index in [1.807, 2.05) is 12.1 Å². The van der Waals surface area contributed by atoms with Crippen molar-refractivity contribution in [2.75, 3.05) is 13.1 Å². The number of hydrogen-bond donors (Lipinski definition) is 0. The average molecular weight is 293 g/mol. The van der Waals surface area contributed by atoms with Gasteiger partial charge in [-0.25, -0.2) is 8.42 Å². The first-order chi connectivity index (χ1) is 9.56. The molecule has 0 aliphatic carbocycles. The van der Waals surface area contributed by atoms with Crippen LogP contribution < -0.4 is 0 Å². The Morgan fingerprint density at radius 1 is 1.10 bits per heavy atom. The minimum atomic E-state index is -3.47. The van der Waals surface area contributed by atoms with Gasteiger partial charge in [0.2, 0.25) is 10.0 Å². The summed E-state index contributed by atoms with van der Waals surface area (Å²) in [6.07, 6.45) is 6.39. The number of nitrogens with zero attached hydrogens (tertiary/aromatic N) is 1. The maximum atomic E-state index is 12.5. The summed E-state index contributed by atoms with van der Waals surface area (Å²) in [5.74, 6) is 0. The number of rotatable bonds is 9. The molecule has 0 aliphatic heterocycles. The third-order valence-corrected chi connectivity index (χ3v) is 4.89. The fraction of sp³-hybridized carbons (Fsp3) is 0.375. The van der Waals surface area contributed by atoms with Crippen molar-refractivity contribution in [1.29, 1.82) is 0 Å². The van der Waals surface area contributed by atoms with Crippen LogP contribution in [0, 0.1) is 0 Å². The van der Waals surface area contributed by atoms with Gasteiger partial charge in [-0.2, -0.15) is 4.31 Å². The van der Waals surface area contributed by atoms with E-state index in [1.165, 1.54) is 9.87 Å². The van der Waals surface area contributed by atoms with Crippen molar-refractivity contribution in [3.05, 3.63) is 55.1 Å². The summed E-state index contributed by atoms with van der Waals surface area (Å²) in [4.78, 5) is 0.321. The summed E-state index contributed by atoms with van der Waals surface area (Å²) in [5, 5.41) is 0. The van der Waals surface area contributed by atoms with E-state index in [0.29, 0.717) is 4.90 Å². The molecule has 1 aromatic carbocycles. The number of hydrogen-bond acceptors (Lipinski definition) is 2. The lowest BCUT2D eigenvalue weighted by atomic mass is 10.1. The first-order valence-electron chi connectivity index (χ1n) is 6.87. The molecule has 0 saturated carbocycles. The molecule has 4 heteroatoms. The van der Waals surface area contributed by atoms with Crippen LogP contribution in [0.5, 0.6) is 0 Å². The minimum Gasteiger partial charge on any atom is -0.207 e. The van der Waals surface area contributed by atoms with Gasteiger partial charge in [-0.05, 0) is 30.5 Å². The molecule has 0 aliphatic rings. The third-order valence-electron chi connectivity index (χ3n) is 3.05. The van der Waals surface area contributed by atoms with E-state index in [0.717, 1.165) is 19.3 Å². The Labute approximate surface area is 122 Å². The molecule has 110 valence electrons. The molecule has 0 unspecified atom stereocenters. The van der Waals surface area contributed by atoms with E-state index in [2.05, 4.69) is 20.1 Å². The molecule has 0 bridgehead atoms. The highest BCUT2D eigenvalue weighted by Crippen LogP contribution is 2.17. The summed E-state index contributed by atoms with van der Waals surface area (Å²) >= 11 is 0. The van der Waals surface area contributed by atoms with Crippen molar-refractivity contribution < 1.29 is 8.42 Å². The predicted molar refractivity (Wildman–Crippen MR) is 84.2 cm³/mol. The van der Waals surface area contributed by atoms with Gasteiger partial charge in [0, 0.05) is 13.1 Å². The van der Waals surface area contributed by atoms with E-state index in [1.54, 1.807) is 24.3 Å². The van der Waals surface area contributed by atoms with Crippen LogP contribution in [-0.2, 0) is 16.4 Å². The Hall–Kier alpha value is -1.39. The number of unbranched alkanes of at least 4 members (excludes halogenated alkanes) is 1. The summed E-state index contributed by atoms with van der Waals surface area (Å²) < 4.78 is 26.3. The topological polar surface area (TPSA) is 37.4 Å². The van der Waals surface area contributed by atoms with Crippen LogP contribution in [0.25, 0.3) is 0 Å². The van der Waals surface area contributed by atoms with Crippen molar-refractivity contribution in [3.8, 4) is 0 Å². The molecule has 0 spiro atoms. The van der Waals surface area contributed by atoms with Gasteiger partial charge in [0.1, 0.15) is 0 Å². The predicted octanol–water partition coefficient (Wildman–Crippen LogP) is 3.39. The maximum absolute atomic E-state index is 12.5. The van der Waals surface area contributed by atoms with E-state index in [9.17, 15) is 8.42 Å². The monoisotopic (exact) mass is 293 g/mol. The van der Waals surface area contributed by atoms with Crippen LogP contribution in [0.2, 0.25) is 0 Å². The smallest absolute Gasteiger partial charge is 0.207 e. The molecular formula is C16H23NO2S. The molecule has 0 fully saturated rings. The van der Waals surface area contributed by atoms with Crippen molar-refractivity contribution in [2.24, 2.45) is 0 Å². The van der Waals surface area contributed by atoms with Crippen LogP contribution in [0.3, 0.4) is 0 Å². The molecule has 1 rings (SSSR count). The van der Waals surface area contributed by atoms with E-state index in [-0.39, 0.29) is 13.1 Å². The largest absolute Gasteiger partial charge is 0.243 e. The van der Waals surface area contributed by atoms with Crippen LogP contribution in [0.15, 0.2) is 54.5 Å². The van der Waals surface area contributed by atoms with Crippen molar-refractivity contribution in [3.63, 3.8) is 0 Å². The lowest BCUT2D eigenvalue weighted by Gasteiger charge is -2.19. The molecule has 0 N–H and O–H groups in total. The zero-order valence-electron chi connectivity index (χ0n) is 12.1. The first kappa shape index (κ1) is 16.7. The molecule has 0 radical (unpaired) electrons. The molecule has 0 amide bonds. The van der Waals surface area contributed by atoms with Gasteiger partial charge in [-0.15, -0.1) is 13.2 Å². The second kappa shape index (κ2) is 8.02. The Morgan fingerprint density at radius 2 is 1.65 bits per heavy atom. The Morgan fingerprint density at radius 3 is 2.10 bits per heavy atom. The van der Waals surface area contributed by atoms with Gasteiger partial charge in [0.05, 0.1) is 4.90 Å². The normalized spacial score (nSPS) is 11.5. The standard InChI is InChI=1S/C16H23NO2S/c1-4-7-8-15-9-11-16(12-10-15)20(18,19)17(13-5-2)14-6-3/h5-6,9-12H,2-4,7-8,13-14H2,1H3. The summed E-state index contributed by atoms with van der Waals surface area (Å²) in [7, 11) is -3.47. The highest BCUT2D eigenvalue weighted by Gasteiger charge is 2.21. The minimum absolute atomic E-state index is 0.284. The van der Waals surface area contributed by atoms with Gasteiger partial charge in [0.15, 0.2) is 0 Å². The Balaban J connectivity index is 2.95. The molecule has 0 saturated heterocycles. The molecule has 0 aromatic heterocycles. The third kappa shape index (κ3) is 4.32. The lowest BCUT2D eigenvalue weighted by Crippen LogP contribution is -2.31. The van der Waals surface area contributed by atoms with Crippen LogP contribution in [0.1, 0.15) is 25.3 Å². The first-order valence-corrected chi connectivity index (χ1v) is 8.31. The number of benzene rings is 1. The maximum Gasteiger partial charge on any atom is 0.243 e. The van der Waals surface area contributed by atoms with Gasteiger partial charge in [-0.1, -0.05) is 37.6 Å². The van der Waals surface area contributed by atoms with Crippen LogP contribution in [0.4, 0.5) is 0 Å². The van der Waals surface area contributed by atoms with Crippen molar-refractivity contribution in [2.45, 2.75) is 31.1 Å². The zero-order valence-corrected chi connectivity index (χ0v) is 12.9. The van der Waals surface area contributed by atoms with Gasteiger partial charge in [0.25, 0.3) is 0 Å². The molecule has 3 nitrogen and oxygen atoms in total.